The molecule has 0 radical (unpaired) electrons. The summed E-state index contributed by atoms with van der Waals surface area (Å²) >= 11 is 0. The van der Waals surface area contributed by atoms with Crippen LogP contribution < -0.4 is 10.2 Å². The van der Waals surface area contributed by atoms with Gasteiger partial charge in [-0.1, -0.05) is 11.2 Å². The van der Waals surface area contributed by atoms with E-state index >= 15 is 0 Å². The molecule has 1 amide bonds. The molecule has 0 aliphatic carbocycles. The number of carbonyl (C=O) groups excluding carboxylic acids is 1. The molecule has 2 aromatic carbocycles. The number of hydrogen-bond donors (Lipinski definition) is 2. The molecule has 0 saturated carbocycles. The molecule has 4 aromatic rings. The topological polar surface area (TPSA) is 99.9 Å². The number of H-pyrrole nitrogens is 1. The number of nitrogens with one attached hydrogen (secondary N) is 2. The summed E-state index contributed by atoms with van der Waals surface area (Å²) in [6, 6.07) is 14.2. The second-order valence-electron chi connectivity index (χ2n) is 8.23. The molecule has 0 atom stereocenters. The minimum atomic E-state index is -0.388. The second-order valence-corrected chi connectivity index (χ2v) is 8.23. The van der Waals surface area contributed by atoms with Crippen molar-refractivity contribution in [1.82, 2.24) is 25.4 Å². The first-order valence-electron chi connectivity index (χ1n) is 11.1. The van der Waals surface area contributed by atoms with Gasteiger partial charge in [0.15, 0.2) is 0 Å². The highest BCUT2D eigenvalue weighted by molar-refractivity contribution is 5.89. The van der Waals surface area contributed by atoms with Crippen LogP contribution in [0.25, 0.3) is 22.4 Å². The molecule has 0 bridgehead atoms. The Balaban J connectivity index is 1.18. The van der Waals surface area contributed by atoms with Crippen LogP contribution in [0.2, 0.25) is 0 Å². The van der Waals surface area contributed by atoms with E-state index < -0.39 is 0 Å². The Morgan fingerprint density at radius 3 is 2.72 bits per heavy atom. The van der Waals surface area contributed by atoms with Crippen molar-refractivity contribution in [2.24, 2.45) is 0 Å². The van der Waals surface area contributed by atoms with Crippen LogP contribution >= 0.6 is 0 Å². The molecular weight excluding hydrogens is 404 g/mol. The lowest BCUT2D eigenvalue weighted by molar-refractivity contribution is 0.0910. The third-order valence-electron chi connectivity index (χ3n) is 5.80. The van der Waals surface area contributed by atoms with Gasteiger partial charge in [-0.3, -0.25) is 4.79 Å². The molecule has 2 N–H and O–H groups in total. The maximum absolute atomic E-state index is 12.4. The van der Waals surface area contributed by atoms with Gasteiger partial charge in [-0.15, -0.1) is 0 Å². The highest BCUT2D eigenvalue weighted by Gasteiger charge is 2.17. The highest BCUT2D eigenvalue weighted by Crippen LogP contribution is 2.23. The maximum Gasteiger partial charge on any atom is 0.316 e. The normalized spacial score (nSPS) is 14.1. The van der Waals surface area contributed by atoms with Gasteiger partial charge in [0, 0.05) is 37.3 Å². The third-order valence-corrected chi connectivity index (χ3v) is 5.80. The SMILES string of the molecule is Cc1ccc2nc(CCNC(=O)c3nc(-c4ccc(N5CCCCC5)cc4)no3)[nH]c2c1. The fraction of sp³-hybridized carbons (Fsp3) is 0.333. The van der Waals surface area contributed by atoms with Crippen LogP contribution in [0.4, 0.5) is 5.69 Å². The largest absolute Gasteiger partial charge is 0.372 e. The number of imidazole rings is 1. The number of rotatable bonds is 6. The van der Waals surface area contributed by atoms with E-state index in [-0.39, 0.29) is 11.8 Å². The lowest BCUT2D eigenvalue weighted by Crippen LogP contribution is -2.29. The summed E-state index contributed by atoms with van der Waals surface area (Å²) in [5, 5.41) is 6.79. The molecule has 32 heavy (non-hydrogen) atoms. The molecule has 8 heteroatoms. The van der Waals surface area contributed by atoms with Gasteiger partial charge in [0.25, 0.3) is 0 Å². The number of benzene rings is 2. The molecule has 1 fully saturated rings. The molecule has 1 aliphatic rings. The van der Waals surface area contributed by atoms with Gasteiger partial charge in [0.05, 0.1) is 11.0 Å². The molecular formula is C24H26N6O2. The van der Waals surface area contributed by atoms with E-state index in [9.17, 15) is 4.79 Å². The average Bonchev–Trinajstić information content (AvgIpc) is 3.47. The van der Waals surface area contributed by atoms with Crippen molar-refractivity contribution in [1.29, 1.82) is 0 Å². The smallest absolute Gasteiger partial charge is 0.316 e. The van der Waals surface area contributed by atoms with Gasteiger partial charge in [0.2, 0.25) is 5.82 Å². The minimum absolute atomic E-state index is 0.0414. The summed E-state index contributed by atoms with van der Waals surface area (Å²) in [5.74, 6) is 0.805. The molecule has 5 rings (SSSR count). The number of aryl methyl sites for hydroxylation is 1. The van der Waals surface area contributed by atoms with E-state index in [1.165, 1.54) is 30.5 Å². The predicted molar refractivity (Wildman–Crippen MR) is 123 cm³/mol. The third kappa shape index (κ3) is 4.34. The van der Waals surface area contributed by atoms with Gasteiger partial charge in [-0.25, -0.2) is 4.98 Å². The molecule has 2 aromatic heterocycles. The molecule has 3 heterocycles. The Bertz CT molecular complexity index is 1220. The molecule has 1 aliphatic heterocycles. The maximum atomic E-state index is 12.4. The number of aromatic nitrogens is 4. The summed E-state index contributed by atoms with van der Waals surface area (Å²) in [7, 11) is 0. The van der Waals surface area contributed by atoms with Crippen molar-refractivity contribution in [3.63, 3.8) is 0 Å². The lowest BCUT2D eigenvalue weighted by atomic mass is 10.1. The fourth-order valence-corrected chi connectivity index (χ4v) is 4.07. The van der Waals surface area contributed by atoms with Crippen LogP contribution in [0.15, 0.2) is 47.0 Å². The Morgan fingerprint density at radius 2 is 1.91 bits per heavy atom. The van der Waals surface area contributed by atoms with Gasteiger partial charge >= 0.3 is 11.8 Å². The Labute approximate surface area is 186 Å². The number of hydrogen-bond acceptors (Lipinski definition) is 6. The fourth-order valence-electron chi connectivity index (χ4n) is 4.07. The van der Waals surface area contributed by atoms with Crippen molar-refractivity contribution in [3.05, 3.63) is 59.7 Å². The van der Waals surface area contributed by atoms with Gasteiger partial charge in [-0.05, 0) is 68.1 Å². The van der Waals surface area contributed by atoms with Crippen LogP contribution in [0.5, 0.6) is 0 Å². The molecule has 164 valence electrons. The molecule has 1 saturated heterocycles. The Kier molecular flexibility index (Phi) is 5.58. The number of piperidine rings is 1. The van der Waals surface area contributed by atoms with Crippen LogP contribution in [0, 0.1) is 6.92 Å². The van der Waals surface area contributed by atoms with Crippen LogP contribution in [0.3, 0.4) is 0 Å². The molecule has 0 unspecified atom stereocenters. The number of aromatic amines is 1. The number of nitrogens with zero attached hydrogens (tertiary/aromatic N) is 4. The number of fused-ring (bicyclic) bond motifs is 1. The molecule has 0 spiro atoms. The zero-order chi connectivity index (χ0) is 21.9. The molecule has 8 nitrogen and oxygen atoms in total. The number of carbonyl (C=O) groups is 1. The van der Waals surface area contributed by atoms with Crippen LogP contribution in [-0.2, 0) is 6.42 Å². The summed E-state index contributed by atoms with van der Waals surface area (Å²) in [6.45, 7) is 4.65. The van der Waals surface area contributed by atoms with E-state index in [0.717, 1.165) is 35.5 Å². The van der Waals surface area contributed by atoms with Crippen molar-refractivity contribution in [2.75, 3.05) is 24.5 Å². The van der Waals surface area contributed by atoms with Gasteiger partial charge in [0.1, 0.15) is 5.82 Å². The lowest BCUT2D eigenvalue weighted by Gasteiger charge is -2.28. The van der Waals surface area contributed by atoms with Crippen LogP contribution in [0.1, 0.15) is 41.3 Å². The van der Waals surface area contributed by atoms with Crippen molar-refractivity contribution in [2.45, 2.75) is 32.6 Å². The minimum Gasteiger partial charge on any atom is -0.372 e. The van der Waals surface area contributed by atoms with E-state index in [1.807, 2.05) is 31.2 Å². The Hall–Kier alpha value is -3.68. The monoisotopic (exact) mass is 430 g/mol. The van der Waals surface area contributed by atoms with E-state index in [0.29, 0.717) is 18.8 Å². The van der Waals surface area contributed by atoms with E-state index in [2.05, 4.69) is 48.5 Å². The first-order valence-corrected chi connectivity index (χ1v) is 11.1. The van der Waals surface area contributed by atoms with E-state index in [1.54, 1.807) is 0 Å². The average molecular weight is 431 g/mol. The zero-order valence-electron chi connectivity index (χ0n) is 18.1. The number of anilines is 1. The first kappa shape index (κ1) is 20.2. The summed E-state index contributed by atoms with van der Waals surface area (Å²) in [6.07, 6.45) is 4.36. The summed E-state index contributed by atoms with van der Waals surface area (Å²) in [4.78, 5) is 26.9. The van der Waals surface area contributed by atoms with Crippen LogP contribution in [-0.4, -0.2) is 45.7 Å². The van der Waals surface area contributed by atoms with Crippen molar-refractivity contribution < 1.29 is 9.32 Å². The Morgan fingerprint density at radius 1 is 1.09 bits per heavy atom. The highest BCUT2D eigenvalue weighted by atomic mass is 16.5. The first-order chi connectivity index (χ1) is 15.7. The van der Waals surface area contributed by atoms with Gasteiger partial charge in [-0.2, -0.15) is 4.98 Å². The standard InChI is InChI=1S/C24H26N6O2/c1-16-5-10-19-20(15-16)27-21(26-19)11-12-25-23(31)24-28-22(29-32-24)17-6-8-18(9-7-17)30-13-3-2-4-14-30/h5-10,15H,2-4,11-14H2,1H3,(H,25,31)(H,26,27). The van der Waals surface area contributed by atoms with E-state index in [4.69, 9.17) is 4.52 Å². The summed E-state index contributed by atoms with van der Waals surface area (Å²) in [5.41, 5.74) is 5.13. The predicted octanol–water partition coefficient (Wildman–Crippen LogP) is 3.88. The number of amides is 1. The zero-order valence-corrected chi connectivity index (χ0v) is 18.1. The van der Waals surface area contributed by atoms with Crippen molar-refractivity contribution in [3.8, 4) is 11.4 Å². The van der Waals surface area contributed by atoms with Crippen molar-refractivity contribution >= 4 is 22.6 Å². The van der Waals surface area contributed by atoms with Gasteiger partial charge < -0.3 is 19.7 Å². The second kappa shape index (κ2) is 8.82. The quantitative estimate of drug-likeness (QED) is 0.481. The summed E-state index contributed by atoms with van der Waals surface area (Å²) < 4.78 is 5.18.